The molecular weight excluding hydrogens is 364 g/mol. The lowest BCUT2D eigenvalue weighted by molar-refractivity contribution is -0.385. The van der Waals surface area contributed by atoms with E-state index in [1.807, 2.05) is 6.07 Å². The highest BCUT2D eigenvalue weighted by atomic mass is 32.2. The molecule has 0 heterocycles. The first-order chi connectivity index (χ1) is 13.0. The van der Waals surface area contributed by atoms with Gasteiger partial charge < -0.3 is 10.1 Å². The van der Waals surface area contributed by atoms with Crippen molar-refractivity contribution in [2.45, 2.75) is 43.9 Å². The summed E-state index contributed by atoms with van der Waals surface area (Å²) in [5, 5.41) is 14.4. The van der Waals surface area contributed by atoms with Crippen LogP contribution in [0, 0.1) is 33.8 Å². The molecule has 1 N–H and O–H groups in total. The van der Waals surface area contributed by atoms with E-state index in [9.17, 15) is 14.9 Å². The Kier molecular flexibility index (Phi) is 5.30. The fourth-order valence-corrected chi connectivity index (χ4v) is 6.40. The topological polar surface area (TPSA) is 81.5 Å². The van der Waals surface area contributed by atoms with E-state index in [4.69, 9.17) is 4.74 Å². The highest BCUT2D eigenvalue weighted by Crippen LogP contribution is 2.53. The Morgan fingerprint density at radius 2 is 1.89 bits per heavy atom. The van der Waals surface area contributed by atoms with Crippen molar-refractivity contribution in [3.63, 3.8) is 0 Å². The zero-order valence-corrected chi connectivity index (χ0v) is 16.4. The van der Waals surface area contributed by atoms with Crippen LogP contribution in [0.5, 0.6) is 5.75 Å². The molecule has 0 aliphatic heterocycles. The third kappa shape index (κ3) is 3.93. The van der Waals surface area contributed by atoms with E-state index in [0.29, 0.717) is 29.4 Å². The number of nitrogens with zero attached hydrogens (tertiary/aromatic N) is 1. The minimum Gasteiger partial charge on any atom is -0.490 e. The first-order valence-electron chi connectivity index (χ1n) is 9.72. The van der Waals surface area contributed by atoms with E-state index in [1.54, 1.807) is 6.07 Å². The van der Waals surface area contributed by atoms with Crippen LogP contribution in [0.15, 0.2) is 18.2 Å². The van der Waals surface area contributed by atoms with Crippen LogP contribution in [-0.2, 0) is 10.5 Å². The van der Waals surface area contributed by atoms with E-state index in [1.165, 1.54) is 57.0 Å². The molecule has 0 aromatic heterocycles. The summed E-state index contributed by atoms with van der Waals surface area (Å²) in [4.78, 5) is 23.1. The van der Waals surface area contributed by atoms with Crippen molar-refractivity contribution in [1.82, 2.24) is 5.32 Å². The highest BCUT2D eigenvalue weighted by molar-refractivity contribution is 7.99. The maximum absolute atomic E-state index is 12.4. The SMILES string of the molecule is COc1ccc(CSCC(=O)NC2C3CC4CC(C3)CC2C4)cc1[N+](=O)[O-]. The highest BCUT2D eigenvalue weighted by Gasteiger charge is 2.48. The Morgan fingerprint density at radius 1 is 1.22 bits per heavy atom. The number of hydrogen-bond acceptors (Lipinski definition) is 5. The van der Waals surface area contributed by atoms with Gasteiger partial charge in [-0.15, -0.1) is 11.8 Å². The van der Waals surface area contributed by atoms with Gasteiger partial charge in [0.1, 0.15) is 0 Å². The van der Waals surface area contributed by atoms with Crippen molar-refractivity contribution >= 4 is 23.4 Å². The molecule has 4 saturated carbocycles. The number of amides is 1. The molecule has 4 fully saturated rings. The first kappa shape index (κ1) is 18.6. The predicted octanol–water partition coefficient (Wildman–Crippen LogP) is 3.78. The first-order valence-corrected chi connectivity index (χ1v) is 10.9. The van der Waals surface area contributed by atoms with Gasteiger partial charge in [-0.3, -0.25) is 14.9 Å². The summed E-state index contributed by atoms with van der Waals surface area (Å²) in [5.74, 6) is 4.48. The average Bonchev–Trinajstić information content (AvgIpc) is 2.64. The van der Waals surface area contributed by atoms with E-state index in [-0.39, 0.29) is 17.3 Å². The van der Waals surface area contributed by atoms with Crippen molar-refractivity contribution in [1.29, 1.82) is 0 Å². The number of thioether (sulfide) groups is 1. The third-order valence-electron chi connectivity index (χ3n) is 6.50. The van der Waals surface area contributed by atoms with Gasteiger partial charge in [0.2, 0.25) is 5.91 Å². The molecule has 27 heavy (non-hydrogen) atoms. The van der Waals surface area contributed by atoms with Crippen LogP contribution in [0.2, 0.25) is 0 Å². The number of rotatable bonds is 7. The number of ether oxygens (including phenoxy) is 1. The lowest BCUT2D eigenvalue weighted by atomic mass is 9.54. The van der Waals surface area contributed by atoms with Gasteiger partial charge in [0.15, 0.2) is 5.75 Å². The number of methoxy groups -OCH3 is 1. The molecule has 0 spiro atoms. The minimum atomic E-state index is -0.438. The van der Waals surface area contributed by atoms with Crippen molar-refractivity contribution in [3.8, 4) is 5.75 Å². The Labute approximate surface area is 163 Å². The largest absolute Gasteiger partial charge is 0.490 e. The fourth-order valence-electron chi connectivity index (χ4n) is 5.62. The summed E-state index contributed by atoms with van der Waals surface area (Å²) >= 11 is 1.50. The molecule has 1 amide bonds. The molecule has 0 atom stereocenters. The summed E-state index contributed by atoms with van der Waals surface area (Å²) < 4.78 is 5.02. The van der Waals surface area contributed by atoms with Gasteiger partial charge in [-0.2, -0.15) is 0 Å². The van der Waals surface area contributed by atoms with E-state index in [0.717, 1.165) is 17.4 Å². The van der Waals surface area contributed by atoms with Crippen molar-refractivity contribution in [2.75, 3.05) is 12.9 Å². The summed E-state index contributed by atoms with van der Waals surface area (Å²) in [7, 11) is 1.42. The van der Waals surface area contributed by atoms with Crippen LogP contribution in [0.25, 0.3) is 0 Å². The van der Waals surface area contributed by atoms with Crippen LogP contribution in [0.3, 0.4) is 0 Å². The molecule has 146 valence electrons. The number of carbonyl (C=O) groups excluding carboxylic acids is 1. The molecule has 4 aliphatic carbocycles. The molecule has 0 radical (unpaired) electrons. The van der Waals surface area contributed by atoms with Gasteiger partial charge in [-0.25, -0.2) is 0 Å². The van der Waals surface area contributed by atoms with E-state index in [2.05, 4.69) is 5.32 Å². The predicted molar refractivity (Wildman–Crippen MR) is 105 cm³/mol. The molecule has 0 unspecified atom stereocenters. The normalized spacial score (nSPS) is 30.9. The number of nitro benzene ring substituents is 1. The van der Waals surface area contributed by atoms with Gasteiger partial charge >= 0.3 is 5.69 Å². The molecular formula is C20H26N2O4S. The Balaban J connectivity index is 1.28. The quantitative estimate of drug-likeness (QED) is 0.566. The van der Waals surface area contributed by atoms with Crippen LogP contribution < -0.4 is 10.1 Å². The second-order valence-electron chi connectivity index (χ2n) is 8.28. The van der Waals surface area contributed by atoms with Crippen LogP contribution in [0.4, 0.5) is 5.69 Å². The van der Waals surface area contributed by atoms with Gasteiger partial charge in [0.05, 0.1) is 17.8 Å². The van der Waals surface area contributed by atoms with Crippen LogP contribution in [-0.4, -0.2) is 29.7 Å². The Bertz CT molecular complexity index is 711. The summed E-state index contributed by atoms with van der Waals surface area (Å²) in [6, 6.07) is 5.33. The molecule has 0 saturated heterocycles. The van der Waals surface area contributed by atoms with Gasteiger partial charge in [-0.05, 0) is 67.4 Å². The zero-order valence-electron chi connectivity index (χ0n) is 15.6. The van der Waals surface area contributed by atoms with Gasteiger partial charge in [0, 0.05) is 17.9 Å². The number of nitrogens with one attached hydrogen (secondary N) is 1. The van der Waals surface area contributed by atoms with E-state index < -0.39 is 4.92 Å². The van der Waals surface area contributed by atoms with E-state index >= 15 is 0 Å². The monoisotopic (exact) mass is 390 g/mol. The van der Waals surface area contributed by atoms with Crippen LogP contribution in [0.1, 0.15) is 37.7 Å². The summed E-state index contributed by atoms with van der Waals surface area (Å²) in [6.45, 7) is 0. The third-order valence-corrected chi connectivity index (χ3v) is 7.50. The number of hydrogen-bond donors (Lipinski definition) is 1. The standard InChI is InChI=1S/C20H26N2O4S/c1-26-18-3-2-12(9-17(18)22(24)25)10-27-11-19(23)21-20-15-5-13-4-14(7-15)8-16(20)6-13/h2-3,9,13-16,20H,4-8,10-11H2,1H3,(H,21,23). The zero-order chi connectivity index (χ0) is 19.0. The van der Waals surface area contributed by atoms with Gasteiger partial charge in [0.25, 0.3) is 0 Å². The maximum atomic E-state index is 12.4. The van der Waals surface area contributed by atoms with Crippen molar-refractivity contribution in [3.05, 3.63) is 33.9 Å². The second kappa shape index (κ2) is 7.70. The molecule has 4 aliphatic rings. The van der Waals surface area contributed by atoms with Crippen molar-refractivity contribution in [2.24, 2.45) is 23.7 Å². The maximum Gasteiger partial charge on any atom is 0.311 e. The Morgan fingerprint density at radius 3 is 2.48 bits per heavy atom. The molecule has 1 aromatic carbocycles. The molecule has 7 heteroatoms. The minimum absolute atomic E-state index is 0.0337. The lowest BCUT2D eigenvalue weighted by Gasteiger charge is -2.54. The molecule has 6 nitrogen and oxygen atoms in total. The summed E-state index contributed by atoms with van der Waals surface area (Å²) in [6.07, 6.45) is 6.58. The summed E-state index contributed by atoms with van der Waals surface area (Å²) in [5.41, 5.74) is 0.795. The smallest absolute Gasteiger partial charge is 0.311 e. The van der Waals surface area contributed by atoms with Gasteiger partial charge in [-0.1, -0.05) is 6.07 Å². The Hall–Kier alpha value is -1.76. The second-order valence-corrected chi connectivity index (χ2v) is 9.27. The number of benzene rings is 1. The number of carbonyl (C=O) groups is 1. The van der Waals surface area contributed by atoms with Crippen LogP contribution >= 0.6 is 11.8 Å². The number of nitro groups is 1. The molecule has 1 aromatic rings. The molecule has 4 bridgehead atoms. The molecule has 5 rings (SSSR count). The fraction of sp³-hybridized carbons (Fsp3) is 0.650. The average molecular weight is 391 g/mol. The van der Waals surface area contributed by atoms with Crippen molar-refractivity contribution < 1.29 is 14.5 Å². The lowest BCUT2D eigenvalue weighted by Crippen LogP contribution is -2.56.